The molecule has 0 unspecified atom stereocenters. The van der Waals surface area contributed by atoms with Gasteiger partial charge < -0.3 is 23.5 Å². The summed E-state index contributed by atoms with van der Waals surface area (Å²) in [4.78, 5) is 10.4. The molecule has 7 heteroatoms. The summed E-state index contributed by atoms with van der Waals surface area (Å²) in [6.07, 6.45) is 5.84. The second-order valence-electron chi connectivity index (χ2n) is 6.65. The summed E-state index contributed by atoms with van der Waals surface area (Å²) in [6, 6.07) is 7.44. The highest BCUT2D eigenvalue weighted by Crippen LogP contribution is 2.42. The molecule has 0 fully saturated rings. The minimum absolute atomic E-state index is 0.504. The van der Waals surface area contributed by atoms with Gasteiger partial charge in [0.25, 0.3) is 0 Å². The van der Waals surface area contributed by atoms with Gasteiger partial charge in [-0.1, -0.05) is 0 Å². The lowest BCUT2D eigenvalue weighted by Crippen LogP contribution is -3.11. The minimum Gasteiger partial charge on any atom is -0.464 e. The Balaban J connectivity index is 1.68. The van der Waals surface area contributed by atoms with Crippen LogP contribution in [0.1, 0.15) is 20.3 Å². The number of furan rings is 3. The molecule has 0 radical (unpaired) electrons. The summed E-state index contributed by atoms with van der Waals surface area (Å²) in [5.74, 6) is 2.65. The molecule has 4 heterocycles. The molecule has 146 valence electrons. The molecule has 0 aromatic carbocycles. The van der Waals surface area contributed by atoms with Crippen LogP contribution in [0.15, 0.2) is 56.4 Å². The van der Waals surface area contributed by atoms with Crippen LogP contribution in [-0.2, 0) is 0 Å². The van der Waals surface area contributed by atoms with E-state index in [9.17, 15) is 0 Å². The molecule has 4 aromatic rings. The van der Waals surface area contributed by atoms with Gasteiger partial charge in [-0.3, -0.25) is 0 Å². The first-order valence-corrected chi connectivity index (χ1v) is 9.74. The molecule has 0 bridgehead atoms. The van der Waals surface area contributed by atoms with Gasteiger partial charge >= 0.3 is 0 Å². The molecule has 0 saturated carbocycles. The van der Waals surface area contributed by atoms with E-state index in [0.717, 1.165) is 49.4 Å². The molecule has 7 nitrogen and oxygen atoms in total. The van der Waals surface area contributed by atoms with Crippen molar-refractivity contribution < 1.29 is 18.2 Å². The van der Waals surface area contributed by atoms with Crippen molar-refractivity contribution in [2.45, 2.75) is 20.3 Å². The SMILES string of the molecule is CC[NH+](CC)CCCNc1ncnc2oc(-c3ccco3)c(-c3ccco3)c12. The highest BCUT2D eigenvalue weighted by Gasteiger charge is 2.25. The van der Waals surface area contributed by atoms with Gasteiger partial charge in [-0.25, -0.2) is 9.97 Å². The lowest BCUT2D eigenvalue weighted by molar-refractivity contribution is -0.896. The van der Waals surface area contributed by atoms with Crippen molar-refractivity contribution >= 4 is 16.9 Å². The lowest BCUT2D eigenvalue weighted by atomic mass is 10.1. The van der Waals surface area contributed by atoms with E-state index in [1.54, 1.807) is 17.4 Å². The molecule has 4 aromatic heterocycles. The van der Waals surface area contributed by atoms with E-state index in [-0.39, 0.29) is 0 Å². The van der Waals surface area contributed by atoms with Crippen LogP contribution in [0.3, 0.4) is 0 Å². The third-order valence-electron chi connectivity index (χ3n) is 5.00. The van der Waals surface area contributed by atoms with Gasteiger partial charge in [0.05, 0.1) is 43.1 Å². The van der Waals surface area contributed by atoms with E-state index in [2.05, 4.69) is 29.1 Å². The Morgan fingerprint density at radius 1 is 1.00 bits per heavy atom. The Bertz CT molecular complexity index is 1000. The van der Waals surface area contributed by atoms with Crippen molar-refractivity contribution in [1.82, 2.24) is 9.97 Å². The number of nitrogens with one attached hydrogen (secondary N) is 2. The van der Waals surface area contributed by atoms with E-state index in [0.29, 0.717) is 23.0 Å². The zero-order valence-electron chi connectivity index (χ0n) is 16.2. The maximum absolute atomic E-state index is 6.04. The summed E-state index contributed by atoms with van der Waals surface area (Å²) >= 11 is 0. The fourth-order valence-electron chi connectivity index (χ4n) is 3.45. The van der Waals surface area contributed by atoms with Crippen LogP contribution in [0.2, 0.25) is 0 Å². The molecule has 2 N–H and O–H groups in total. The average Bonchev–Trinajstić information content (AvgIpc) is 3.47. The Kier molecular flexibility index (Phi) is 5.43. The number of aromatic nitrogens is 2. The fraction of sp³-hybridized carbons (Fsp3) is 0.333. The van der Waals surface area contributed by atoms with Crippen LogP contribution in [0.4, 0.5) is 5.82 Å². The van der Waals surface area contributed by atoms with E-state index < -0.39 is 0 Å². The number of hydrogen-bond donors (Lipinski definition) is 2. The average molecular weight is 381 g/mol. The van der Waals surface area contributed by atoms with Gasteiger partial charge in [0.15, 0.2) is 11.5 Å². The Morgan fingerprint density at radius 2 is 1.75 bits per heavy atom. The summed E-state index contributed by atoms with van der Waals surface area (Å²) < 4.78 is 17.3. The number of hydrogen-bond acceptors (Lipinski definition) is 6. The number of rotatable bonds is 9. The van der Waals surface area contributed by atoms with Crippen molar-refractivity contribution in [2.24, 2.45) is 0 Å². The summed E-state index contributed by atoms with van der Waals surface area (Å²) in [5.41, 5.74) is 1.30. The molecular formula is C21H25N4O3+. The molecule has 0 aliphatic heterocycles. The van der Waals surface area contributed by atoms with Crippen molar-refractivity contribution in [1.29, 1.82) is 0 Å². The topological polar surface area (TPSA) is 81.7 Å². The van der Waals surface area contributed by atoms with Crippen molar-refractivity contribution in [3.8, 4) is 22.8 Å². The number of nitrogens with zero attached hydrogens (tertiary/aromatic N) is 2. The van der Waals surface area contributed by atoms with Crippen molar-refractivity contribution in [3.05, 3.63) is 43.1 Å². The van der Waals surface area contributed by atoms with Gasteiger partial charge in [-0.2, -0.15) is 0 Å². The molecule has 0 spiro atoms. The molecular weight excluding hydrogens is 356 g/mol. The van der Waals surface area contributed by atoms with Gasteiger partial charge in [0.1, 0.15) is 17.9 Å². The highest BCUT2D eigenvalue weighted by atomic mass is 16.4. The quantitative estimate of drug-likeness (QED) is 0.432. The van der Waals surface area contributed by atoms with Gasteiger partial charge in [-0.15, -0.1) is 0 Å². The summed E-state index contributed by atoms with van der Waals surface area (Å²) in [5, 5.41) is 4.26. The van der Waals surface area contributed by atoms with Crippen LogP contribution in [0.5, 0.6) is 0 Å². The number of anilines is 1. The molecule has 0 amide bonds. The first-order chi connectivity index (χ1) is 13.8. The number of fused-ring (bicyclic) bond motifs is 1. The first-order valence-electron chi connectivity index (χ1n) is 9.74. The maximum atomic E-state index is 6.04. The van der Waals surface area contributed by atoms with Gasteiger partial charge in [0.2, 0.25) is 5.71 Å². The molecule has 0 atom stereocenters. The second-order valence-corrected chi connectivity index (χ2v) is 6.65. The maximum Gasteiger partial charge on any atom is 0.232 e. The normalized spacial score (nSPS) is 11.5. The van der Waals surface area contributed by atoms with E-state index in [4.69, 9.17) is 13.3 Å². The Labute approximate surface area is 163 Å². The summed E-state index contributed by atoms with van der Waals surface area (Å²) in [7, 11) is 0. The fourth-order valence-corrected chi connectivity index (χ4v) is 3.45. The monoisotopic (exact) mass is 381 g/mol. The van der Waals surface area contributed by atoms with E-state index in [1.807, 2.05) is 24.3 Å². The first kappa shape index (κ1) is 18.3. The zero-order chi connectivity index (χ0) is 19.3. The molecule has 0 aliphatic carbocycles. The van der Waals surface area contributed by atoms with Crippen LogP contribution in [-0.4, -0.2) is 36.1 Å². The van der Waals surface area contributed by atoms with Crippen LogP contribution >= 0.6 is 0 Å². The molecule has 0 saturated heterocycles. The van der Waals surface area contributed by atoms with E-state index in [1.165, 1.54) is 6.33 Å². The Hall–Kier alpha value is -3.06. The summed E-state index contributed by atoms with van der Waals surface area (Å²) in [6.45, 7) is 8.68. The lowest BCUT2D eigenvalue weighted by Gasteiger charge is -2.15. The van der Waals surface area contributed by atoms with Crippen LogP contribution < -0.4 is 10.2 Å². The smallest absolute Gasteiger partial charge is 0.232 e. The third kappa shape index (κ3) is 3.53. The van der Waals surface area contributed by atoms with Gasteiger partial charge in [0, 0.05) is 13.0 Å². The largest absolute Gasteiger partial charge is 0.464 e. The van der Waals surface area contributed by atoms with Gasteiger partial charge in [-0.05, 0) is 38.1 Å². The highest BCUT2D eigenvalue weighted by molar-refractivity contribution is 6.04. The van der Waals surface area contributed by atoms with Crippen LogP contribution in [0, 0.1) is 0 Å². The predicted octanol–water partition coefficient (Wildman–Crippen LogP) is 3.47. The second kappa shape index (κ2) is 8.31. The van der Waals surface area contributed by atoms with Crippen molar-refractivity contribution in [2.75, 3.05) is 31.5 Å². The van der Waals surface area contributed by atoms with Crippen molar-refractivity contribution in [3.63, 3.8) is 0 Å². The zero-order valence-corrected chi connectivity index (χ0v) is 16.2. The molecule has 0 aliphatic rings. The van der Waals surface area contributed by atoms with Crippen LogP contribution in [0.25, 0.3) is 33.9 Å². The number of quaternary nitrogens is 1. The molecule has 28 heavy (non-hydrogen) atoms. The molecule has 4 rings (SSSR count). The van der Waals surface area contributed by atoms with E-state index >= 15 is 0 Å². The third-order valence-corrected chi connectivity index (χ3v) is 5.00. The Morgan fingerprint density at radius 3 is 2.43 bits per heavy atom. The standard InChI is InChI=1S/C21H24N4O3/c1-3-25(4-2)11-7-10-22-20-18-17(15-8-5-12-26-15)19(16-9-6-13-27-16)28-21(18)24-14-23-20/h5-6,8-9,12-14H,3-4,7,10-11H2,1-2H3,(H,22,23,24)/p+1. The minimum atomic E-state index is 0.504. The predicted molar refractivity (Wildman–Crippen MR) is 107 cm³/mol.